The Balaban J connectivity index is 2.25. The molecule has 2 aromatic rings. The van der Waals surface area contributed by atoms with Gasteiger partial charge in [-0.1, -0.05) is 0 Å². The number of nitriles is 1. The van der Waals surface area contributed by atoms with Gasteiger partial charge in [-0.25, -0.2) is 9.37 Å². The lowest BCUT2D eigenvalue weighted by atomic mass is 10.3. The van der Waals surface area contributed by atoms with E-state index in [4.69, 9.17) is 5.26 Å². The molecule has 1 N–H and O–H groups in total. The van der Waals surface area contributed by atoms with E-state index in [1.807, 2.05) is 6.07 Å². The number of hydrogen-bond donors (Lipinski definition) is 1. The van der Waals surface area contributed by atoms with Crippen LogP contribution in [0.2, 0.25) is 0 Å². The van der Waals surface area contributed by atoms with Gasteiger partial charge in [0.05, 0.1) is 10.0 Å². The fourth-order valence-corrected chi connectivity index (χ4v) is 1.71. The van der Waals surface area contributed by atoms with Crippen LogP contribution in [0.3, 0.4) is 0 Å². The number of hydrogen-bond acceptors (Lipinski definition) is 3. The van der Waals surface area contributed by atoms with Gasteiger partial charge < -0.3 is 5.32 Å². The molecule has 84 valence electrons. The third kappa shape index (κ3) is 2.80. The molecule has 0 aliphatic heterocycles. The zero-order valence-corrected chi connectivity index (χ0v) is 10.2. The smallest absolute Gasteiger partial charge is 0.144 e. The molecule has 17 heavy (non-hydrogen) atoms. The molecule has 0 aliphatic rings. The van der Waals surface area contributed by atoms with E-state index >= 15 is 0 Å². The lowest BCUT2D eigenvalue weighted by molar-refractivity contribution is 0.628. The quantitative estimate of drug-likeness (QED) is 0.920. The molecule has 0 saturated heterocycles. The van der Waals surface area contributed by atoms with Gasteiger partial charge in [0.15, 0.2) is 0 Å². The molecule has 1 aromatic heterocycles. The first-order valence-electron chi connectivity index (χ1n) is 4.77. The molecule has 3 nitrogen and oxygen atoms in total. The van der Waals surface area contributed by atoms with Crippen LogP contribution in [0.25, 0.3) is 0 Å². The van der Waals surface area contributed by atoms with Gasteiger partial charge in [0.2, 0.25) is 0 Å². The number of halogens is 2. The summed E-state index contributed by atoms with van der Waals surface area (Å²) in [5, 5.41) is 11.7. The molecular weight excluding hydrogens is 285 g/mol. The van der Waals surface area contributed by atoms with Crippen molar-refractivity contribution in [1.82, 2.24) is 4.98 Å². The third-order valence-electron chi connectivity index (χ3n) is 2.08. The van der Waals surface area contributed by atoms with Gasteiger partial charge in [-0.3, -0.25) is 0 Å². The monoisotopic (exact) mass is 291 g/mol. The Morgan fingerprint density at radius 3 is 2.59 bits per heavy atom. The molecule has 1 heterocycles. The summed E-state index contributed by atoms with van der Waals surface area (Å²) in [5.41, 5.74) is 1.20. The highest BCUT2D eigenvalue weighted by molar-refractivity contribution is 9.10. The first-order chi connectivity index (χ1) is 8.19. The summed E-state index contributed by atoms with van der Waals surface area (Å²) < 4.78 is 13.4. The van der Waals surface area contributed by atoms with Crippen molar-refractivity contribution in [3.63, 3.8) is 0 Å². The number of nitrogens with zero attached hydrogens (tertiary/aromatic N) is 2. The molecule has 1 aromatic carbocycles. The van der Waals surface area contributed by atoms with Crippen molar-refractivity contribution in [2.75, 3.05) is 5.32 Å². The SMILES string of the molecule is N#Cc1cnc(Nc2ccc(F)cc2)c(Br)c1. The van der Waals surface area contributed by atoms with Crippen molar-refractivity contribution >= 4 is 27.4 Å². The van der Waals surface area contributed by atoms with Crippen LogP contribution in [0.5, 0.6) is 0 Å². The molecule has 0 spiro atoms. The van der Waals surface area contributed by atoms with Gasteiger partial charge in [-0.05, 0) is 46.3 Å². The Morgan fingerprint density at radius 2 is 2.00 bits per heavy atom. The van der Waals surface area contributed by atoms with Crippen LogP contribution in [0.4, 0.5) is 15.9 Å². The van der Waals surface area contributed by atoms with E-state index in [9.17, 15) is 4.39 Å². The number of aromatic nitrogens is 1. The summed E-state index contributed by atoms with van der Waals surface area (Å²) in [7, 11) is 0. The van der Waals surface area contributed by atoms with E-state index in [-0.39, 0.29) is 5.82 Å². The predicted molar refractivity (Wildman–Crippen MR) is 66.3 cm³/mol. The molecule has 5 heteroatoms. The number of nitrogens with one attached hydrogen (secondary N) is 1. The second kappa shape index (κ2) is 4.93. The number of rotatable bonds is 2. The summed E-state index contributed by atoms with van der Waals surface area (Å²) in [6, 6.07) is 9.61. The zero-order chi connectivity index (χ0) is 12.3. The minimum Gasteiger partial charge on any atom is -0.339 e. The maximum Gasteiger partial charge on any atom is 0.144 e. The second-order valence-electron chi connectivity index (χ2n) is 3.30. The first-order valence-corrected chi connectivity index (χ1v) is 5.56. The predicted octanol–water partition coefficient (Wildman–Crippen LogP) is 3.60. The summed E-state index contributed by atoms with van der Waals surface area (Å²) in [5.74, 6) is 0.290. The van der Waals surface area contributed by atoms with Crippen molar-refractivity contribution < 1.29 is 4.39 Å². The van der Waals surface area contributed by atoms with E-state index in [2.05, 4.69) is 26.2 Å². The normalized spacial score (nSPS) is 9.71. The fourth-order valence-electron chi connectivity index (χ4n) is 1.26. The summed E-state index contributed by atoms with van der Waals surface area (Å²) in [6.07, 6.45) is 1.47. The van der Waals surface area contributed by atoms with Crippen LogP contribution >= 0.6 is 15.9 Å². The van der Waals surface area contributed by atoms with Crippen LogP contribution < -0.4 is 5.32 Å². The number of benzene rings is 1. The third-order valence-corrected chi connectivity index (χ3v) is 2.68. The van der Waals surface area contributed by atoms with Crippen molar-refractivity contribution in [3.05, 3.63) is 52.4 Å². The van der Waals surface area contributed by atoms with Crippen LogP contribution in [-0.2, 0) is 0 Å². The van der Waals surface area contributed by atoms with Crippen LogP contribution in [0.15, 0.2) is 41.0 Å². The first kappa shape index (κ1) is 11.6. The minimum atomic E-state index is -0.289. The number of anilines is 2. The van der Waals surface area contributed by atoms with E-state index in [0.29, 0.717) is 15.9 Å². The molecule has 0 saturated carbocycles. The maximum atomic E-state index is 12.7. The second-order valence-corrected chi connectivity index (χ2v) is 4.15. The van der Waals surface area contributed by atoms with Crippen LogP contribution in [0, 0.1) is 17.1 Å². The molecule has 0 unspecified atom stereocenters. The van der Waals surface area contributed by atoms with Gasteiger partial charge in [0.25, 0.3) is 0 Å². The average molecular weight is 292 g/mol. The lowest BCUT2D eigenvalue weighted by Gasteiger charge is -2.07. The Hall–Kier alpha value is -1.93. The van der Waals surface area contributed by atoms with E-state index < -0.39 is 0 Å². The Kier molecular flexibility index (Phi) is 3.35. The molecule has 2 rings (SSSR count). The lowest BCUT2D eigenvalue weighted by Crippen LogP contribution is -1.95. The van der Waals surface area contributed by atoms with Gasteiger partial charge in [0.1, 0.15) is 17.7 Å². The van der Waals surface area contributed by atoms with E-state index in [0.717, 1.165) is 5.69 Å². The summed E-state index contributed by atoms with van der Waals surface area (Å²) in [6.45, 7) is 0. The van der Waals surface area contributed by atoms with Gasteiger partial charge in [-0.2, -0.15) is 5.26 Å². The van der Waals surface area contributed by atoms with Gasteiger partial charge in [0, 0.05) is 11.9 Å². The molecular formula is C12H7BrFN3. The van der Waals surface area contributed by atoms with Crippen molar-refractivity contribution in [3.8, 4) is 6.07 Å². The highest BCUT2D eigenvalue weighted by Crippen LogP contribution is 2.24. The Morgan fingerprint density at radius 1 is 1.29 bits per heavy atom. The molecule has 0 bridgehead atoms. The van der Waals surface area contributed by atoms with Crippen molar-refractivity contribution in [2.24, 2.45) is 0 Å². The molecule has 0 radical (unpaired) electrons. The van der Waals surface area contributed by atoms with Crippen LogP contribution in [0.1, 0.15) is 5.56 Å². The number of pyridine rings is 1. The van der Waals surface area contributed by atoms with E-state index in [1.165, 1.54) is 18.3 Å². The van der Waals surface area contributed by atoms with Crippen molar-refractivity contribution in [1.29, 1.82) is 5.26 Å². The fraction of sp³-hybridized carbons (Fsp3) is 0. The Bertz CT molecular complexity index is 575. The topological polar surface area (TPSA) is 48.7 Å². The summed E-state index contributed by atoms with van der Waals surface area (Å²) in [4.78, 5) is 4.09. The molecule has 0 aliphatic carbocycles. The molecule has 0 atom stereocenters. The molecule has 0 fully saturated rings. The van der Waals surface area contributed by atoms with Gasteiger partial charge in [-0.15, -0.1) is 0 Å². The van der Waals surface area contributed by atoms with Crippen LogP contribution in [-0.4, -0.2) is 4.98 Å². The molecule has 0 amide bonds. The maximum absolute atomic E-state index is 12.7. The zero-order valence-electron chi connectivity index (χ0n) is 8.61. The van der Waals surface area contributed by atoms with Crippen molar-refractivity contribution in [2.45, 2.75) is 0 Å². The highest BCUT2D eigenvalue weighted by atomic mass is 79.9. The standard InChI is InChI=1S/C12H7BrFN3/c13-11-5-8(6-15)7-16-12(11)17-10-3-1-9(14)2-4-10/h1-5,7H,(H,16,17). The van der Waals surface area contributed by atoms with Gasteiger partial charge >= 0.3 is 0 Å². The van der Waals surface area contributed by atoms with E-state index in [1.54, 1.807) is 18.2 Å². The Labute approximate surface area is 106 Å². The average Bonchev–Trinajstić information content (AvgIpc) is 2.34. The highest BCUT2D eigenvalue weighted by Gasteiger charge is 2.03. The summed E-state index contributed by atoms with van der Waals surface area (Å²) >= 11 is 3.31. The largest absolute Gasteiger partial charge is 0.339 e. The minimum absolute atomic E-state index is 0.289.